The minimum atomic E-state index is -2.24. The number of carboxylic acid groups (broad SMARTS) is 2. The number of aliphatic hydroxyl groups excluding tert-OH is 1. The van der Waals surface area contributed by atoms with Crippen LogP contribution in [0, 0.1) is 0 Å². The smallest absolute Gasteiger partial charge is 0.415 e. The maximum atomic E-state index is 12.6. The van der Waals surface area contributed by atoms with Crippen molar-refractivity contribution in [2.45, 2.75) is 37.5 Å². The van der Waals surface area contributed by atoms with Crippen LogP contribution in [-0.4, -0.2) is 108 Å². The van der Waals surface area contributed by atoms with E-state index in [2.05, 4.69) is 15.6 Å². The normalized spacial score (nSPS) is 23.0. The third kappa shape index (κ3) is 5.73. The molecule has 15 nitrogen and oxygen atoms in total. The van der Waals surface area contributed by atoms with Crippen molar-refractivity contribution in [2.24, 2.45) is 0 Å². The van der Waals surface area contributed by atoms with Gasteiger partial charge in [0.1, 0.15) is 36.5 Å². The number of benzene rings is 1. The number of ether oxygens (including phenoxy) is 3. The van der Waals surface area contributed by atoms with Gasteiger partial charge in [-0.05, 0) is 29.8 Å². The molecule has 5 N–H and O–H groups in total. The fourth-order valence-corrected chi connectivity index (χ4v) is 4.99. The van der Waals surface area contributed by atoms with Crippen molar-refractivity contribution in [1.29, 1.82) is 0 Å². The van der Waals surface area contributed by atoms with Gasteiger partial charge in [-0.3, -0.25) is 9.69 Å². The third-order valence-electron chi connectivity index (χ3n) is 7.05. The number of pyridine rings is 1. The predicted octanol–water partition coefficient (Wildman–Crippen LogP) is -0.378. The van der Waals surface area contributed by atoms with E-state index in [9.17, 15) is 29.4 Å². The fraction of sp³-hybridized carbons (Fsp3) is 0.423. The van der Waals surface area contributed by atoms with Crippen molar-refractivity contribution in [3.05, 3.63) is 36.5 Å². The Bertz CT molecular complexity index is 1340. The van der Waals surface area contributed by atoms with Crippen LogP contribution in [0.25, 0.3) is 11.1 Å². The zero-order valence-corrected chi connectivity index (χ0v) is 21.9. The van der Waals surface area contributed by atoms with Crippen LogP contribution in [0.2, 0.25) is 0 Å². The molecule has 3 aliphatic rings. The number of hydrogen-bond acceptors (Lipinski definition) is 11. The average molecular weight is 572 g/mol. The Morgan fingerprint density at radius 2 is 1.98 bits per heavy atom. The molecule has 15 heteroatoms. The van der Waals surface area contributed by atoms with E-state index in [1.165, 1.54) is 11.8 Å². The molecule has 218 valence electrons. The summed E-state index contributed by atoms with van der Waals surface area (Å²) in [5.74, 6) is -2.56. The topological polar surface area (TPSA) is 200 Å². The van der Waals surface area contributed by atoms with Crippen LogP contribution in [0.4, 0.5) is 16.3 Å². The van der Waals surface area contributed by atoms with Gasteiger partial charge in [-0.1, -0.05) is 6.07 Å². The van der Waals surface area contributed by atoms with Gasteiger partial charge in [-0.25, -0.2) is 19.4 Å². The van der Waals surface area contributed by atoms with E-state index in [1.54, 1.807) is 29.3 Å². The zero-order chi connectivity index (χ0) is 29.3. The number of nitrogens with zero attached hydrogens (tertiary/aromatic N) is 3. The van der Waals surface area contributed by atoms with Crippen molar-refractivity contribution in [1.82, 2.24) is 15.6 Å². The monoisotopic (exact) mass is 571 g/mol. The summed E-state index contributed by atoms with van der Waals surface area (Å²) in [6.45, 7) is 2.91. The van der Waals surface area contributed by atoms with E-state index < -0.39 is 42.6 Å². The lowest BCUT2D eigenvalue weighted by molar-refractivity contribution is -0.176. The quantitative estimate of drug-likeness (QED) is 0.261. The van der Waals surface area contributed by atoms with Crippen LogP contribution < -0.4 is 25.2 Å². The van der Waals surface area contributed by atoms with E-state index in [-0.39, 0.29) is 31.6 Å². The largest absolute Gasteiger partial charge is 0.489 e. The minimum absolute atomic E-state index is 0.188. The van der Waals surface area contributed by atoms with Crippen LogP contribution in [-0.2, 0) is 23.9 Å². The Labute approximate surface area is 233 Å². The van der Waals surface area contributed by atoms with E-state index >= 15 is 0 Å². The molecule has 1 aromatic heterocycles. The molecule has 0 saturated carbocycles. The van der Waals surface area contributed by atoms with Gasteiger partial charge in [0.25, 0.3) is 0 Å². The Morgan fingerprint density at radius 1 is 1.20 bits per heavy atom. The van der Waals surface area contributed by atoms with Gasteiger partial charge in [-0.15, -0.1) is 0 Å². The Kier molecular flexibility index (Phi) is 7.92. The summed E-state index contributed by atoms with van der Waals surface area (Å²) < 4.78 is 16.9. The number of aliphatic hydroxyl groups is 1. The number of aliphatic carboxylic acids is 2. The molecule has 1 aromatic carbocycles. The maximum Gasteiger partial charge on any atom is 0.415 e. The van der Waals surface area contributed by atoms with Crippen molar-refractivity contribution >= 4 is 35.4 Å². The number of rotatable bonds is 9. The molecule has 0 aliphatic carbocycles. The highest BCUT2D eigenvalue weighted by molar-refractivity contribution is 5.94. The molecule has 2 aromatic rings. The zero-order valence-electron chi connectivity index (χ0n) is 21.9. The number of carbonyl (C=O) groups excluding carboxylic acids is 2. The van der Waals surface area contributed by atoms with Crippen LogP contribution in [0.3, 0.4) is 0 Å². The van der Waals surface area contributed by atoms with Gasteiger partial charge in [0.05, 0.1) is 12.2 Å². The summed E-state index contributed by atoms with van der Waals surface area (Å²) in [5, 5.41) is 34.0. The molecule has 3 aliphatic heterocycles. The van der Waals surface area contributed by atoms with Crippen LogP contribution in [0.5, 0.6) is 5.75 Å². The van der Waals surface area contributed by atoms with Crippen LogP contribution in [0.15, 0.2) is 36.5 Å². The molecule has 0 bridgehead atoms. The Hall–Kier alpha value is -4.47. The number of nitrogens with one attached hydrogen (secondary N) is 2. The second-order valence-electron chi connectivity index (χ2n) is 9.73. The van der Waals surface area contributed by atoms with Crippen molar-refractivity contribution in [3.8, 4) is 16.9 Å². The first-order valence-corrected chi connectivity index (χ1v) is 12.9. The first-order valence-electron chi connectivity index (χ1n) is 12.9. The molecule has 2 saturated heterocycles. The number of carboxylic acids is 2. The lowest BCUT2D eigenvalue weighted by atomic mass is 10.0. The number of aromatic nitrogens is 1. The third-order valence-corrected chi connectivity index (χ3v) is 7.05. The first-order chi connectivity index (χ1) is 19.6. The van der Waals surface area contributed by atoms with Gasteiger partial charge < -0.3 is 45.1 Å². The number of carbonyl (C=O) groups is 4. The highest BCUT2D eigenvalue weighted by Crippen LogP contribution is 2.41. The molecule has 0 spiro atoms. The molecular weight excluding hydrogens is 542 g/mol. The molecule has 2 amide bonds. The standard InChI is InChI=1S/C26H29N5O10/c1-13(32)28-10-19-17-12-39-18-8-14(2-4-16(18)31(17)26(38)40-19)15-3-5-20(29-9-15)30-7-6-27-11-21(30)41-23(25(36)37)22(33)24(34)35/h2-5,8-9,17,19,21-23,27,33H,6-7,10-12H2,1H3,(H,28,32)(H,34,35)(H,36,37). The first kappa shape index (κ1) is 28.1. The number of anilines is 2. The fourth-order valence-electron chi connectivity index (χ4n) is 4.99. The molecular formula is C26H29N5O10. The summed E-state index contributed by atoms with van der Waals surface area (Å²) in [4.78, 5) is 54.3. The maximum absolute atomic E-state index is 12.6. The van der Waals surface area contributed by atoms with Gasteiger partial charge in [0, 0.05) is 38.3 Å². The van der Waals surface area contributed by atoms with Crippen molar-refractivity contribution in [3.63, 3.8) is 0 Å². The summed E-state index contributed by atoms with van der Waals surface area (Å²) in [7, 11) is 0. The van der Waals surface area contributed by atoms with E-state index in [0.717, 1.165) is 11.1 Å². The number of cyclic esters (lactones) is 1. The molecule has 2 fully saturated rings. The van der Waals surface area contributed by atoms with Crippen molar-refractivity contribution in [2.75, 3.05) is 42.6 Å². The number of fused-ring (bicyclic) bond motifs is 3. The highest BCUT2D eigenvalue weighted by atomic mass is 16.6. The van der Waals surface area contributed by atoms with Gasteiger partial charge in [-0.2, -0.15) is 0 Å². The SMILES string of the molecule is CC(=O)NCC1OC(=O)N2c3ccc(-c4ccc(N5CCNCC5OC(C(=O)O)C(O)C(=O)O)nc4)cc3OCC12. The Morgan fingerprint density at radius 3 is 2.66 bits per heavy atom. The van der Waals surface area contributed by atoms with E-state index in [4.69, 9.17) is 19.3 Å². The number of hydrogen-bond donors (Lipinski definition) is 5. The van der Waals surface area contributed by atoms with Gasteiger partial charge >= 0.3 is 18.0 Å². The molecule has 5 atom stereocenters. The predicted molar refractivity (Wildman–Crippen MR) is 141 cm³/mol. The lowest BCUT2D eigenvalue weighted by Gasteiger charge is -2.38. The highest BCUT2D eigenvalue weighted by Gasteiger charge is 2.46. The van der Waals surface area contributed by atoms with Crippen molar-refractivity contribution < 1.29 is 48.7 Å². The number of piperazine rings is 1. The molecule has 5 rings (SSSR count). The summed E-state index contributed by atoms with van der Waals surface area (Å²) in [5.41, 5.74) is 2.07. The summed E-state index contributed by atoms with van der Waals surface area (Å²) in [6.07, 6.45) is -4.52. The lowest BCUT2D eigenvalue weighted by Crippen LogP contribution is -2.56. The summed E-state index contributed by atoms with van der Waals surface area (Å²) in [6, 6.07) is 8.52. The minimum Gasteiger partial charge on any atom is -0.489 e. The second-order valence-corrected chi connectivity index (χ2v) is 9.73. The second kappa shape index (κ2) is 11.6. The molecule has 5 unspecified atom stereocenters. The van der Waals surface area contributed by atoms with Gasteiger partial charge in [0.15, 0.2) is 12.2 Å². The van der Waals surface area contributed by atoms with E-state index in [1.807, 2.05) is 12.1 Å². The molecule has 0 radical (unpaired) electrons. The van der Waals surface area contributed by atoms with Crippen LogP contribution in [0.1, 0.15) is 6.92 Å². The van der Waals surface area contributed by atoms with Gasteiger partial charge in [0.2, 0.25) is 5.91 Å². The molecule has 4 heterocycles. The Balaban J connectivity index is 1.31. The average Bonchev–Trinajstić information content (AvgIpc) is 3.29. The van der Waals surface area contributed by atoms with Crippen LogP contribution >= 0.6 is 0 Å². The summed E-state index contributed by atoms with van der Waals surface area (Å²) >= 11 is 0. The molecule has 41 heavy (non-hydrogen) atoms. The van der Waals surface area contributed by atoms with E-state index in [0.29, 0.717) is 30.3 Å². The number of amides is 2.